The third kappa shape index (κ3) is 5.34. The summed E-state index contributed by atoms with van der Waals surface area (Å²) in [5.74, 6) is -0.809. The first-order chi connectivity index (χ1) is 5.59. The maximum Gasteiger partial charge on any atom is 0.342 e. The Kier molecular flexibility index (Phi) is 7.51. The van der Waals surface area contributed by atoms with Gasteiger partial charge in [-0.2, -0.15) is 0 Å². The monoisotopic (exact) mass is 394 g/mol. The van der Waals surface area contributed by atoms with E-state index in [1.54, 1.807) is 0 Å². The van der Waals surface area contributed by atoms with Gasteiger partial charge in [-0.25, -0.2) is 4.79 Å². The van der Waals surface area contributed by atoms with Gasteiger partial charge in [-0.05, 0) is 58.0 Å². The van der Waals surface area contributed by atoms with Crippen LogP contribution in [-0.2, 0) is 4.79 Å². The molecule has 0 amide bonds. The zero-order chi connectivity index (χ0) is 9.56. The second-order valence-electron chi connectivity index (χ2n) is 2.48. The summed E-state index contributed by atoms with van der Waals surface area (Å²) in [7, 11) is 0. The van der Waals surface area contributed by atoms with Gasteiger partial charge in [-0.1, -0.05) is 19.8 Å². The molecule has 0 unspecified atom stereocenters. The van der Waals surface area contributed by atoms with Crippen LogP contribution in [0.1, 0.15) is 32.6 Å². The number of carbonyl (C=O) groups is 1. The topological polar surface area (TPSA) is 37.3 Å². The molecule has 0 spiro atoms. The molecule has 0 aromatic rings. The first kappa shape index (κ1) is 12.7. The summed E-state index contributed by atoms with van der Waals surface area (Å²) in [6.45, 7) is 2.14. The average Bonchev–Trinajstić information content (AvgIpc) is 2.03. The summed E-state index contributed by atoms with van der Waals surface area (Å²) in [6, 6.07) is 0. The lowest BCUT2D eigenvalue weighted by molar-refractivity contribution is -0.131. The zero-order valence-corrected chi connectivity index (χ0v) is 11.3. The fraction of sp³-hybridized carbons (Fsp3) is 0.625. The van der Waals surface area contributed by atoms with Crippen LogP contribution in [0.25, 0.3) is 0 Å². The third-order valence-corrected chi connectivity index (χ3v) is 4.65. The van der Waals surface area contributed by atoms with Gasteiger partial charge in [-0.3, -0.25) is 0 Å². The number of carboxylic acids is 1. The van der Waals surface area contributed by atoms with E-state index in [4.69, 9.17) is 5.11 Å². The first-order valence-electron chi connectivity index (χ1n) is 3.87. The second kappa shape index (κ2) is 7.11. The van der Waals surface area contributed by atoms with E-state index < -0.39 is 5.97 Å². The number of aliphatic carboxylic acids is 1. The Balaban J connectivity index is 3.91. The number of rotatable bonds is 5. The Hall–Kier alpha value is 0.670. The molecule has 4 heteroatoms. The molecule has 0 aliphatic carbocycles. The van der Waals surface area contributed by atoms with Crippen LogP contribution < -0.4 is 0 Å². The summed E-state index contributed by atoms with van der Waals surface area (Å²) in [4.78, 5) is 10.5. The number of carboxylic acid groups (broad SMARTS) is 1. The van der Waals surface area contributed by atoms with Gasteiger partial charge < -0.3 is 5.11 Å². The molecule has 2 nitrogen and oxygen atoms in total. The van der Waals surface area contributed by atoms with Crippen LogP contribution in [0.5, 0.6) is 0 Å². The number of unbranched alkanes of at least 4 members (excludes halogenated alkanes) is 2. The van der Waals surface area contributed by atoms with Gasteiger partial charge in [-0.15, -0.1) is 0 Å². The van der Waals surface area contributed by atoms with E-state index in [-0.39, 0.29) is 0 Å². The third-order valence-electron chi connectivity index (χ3n) is 1.43. The van der Waals surface area contributed by atoms with Crippen LogP contribution in [0.15, 0.2) is 7.16 Å². The lowest BCUT2D eigenvalue weighted by atomic mass is 10.2. The number of allylic oxidation sites excluding steroid dienone is 1. The van der Waals surface area contributed by atoms with Crippen LogP contribution in [0.3, 0.4) is 0 Å². The summed E-state index contributed by atoms with van der Waals surface area (Å²) >= 11 is 4.00. The molecule has 0 aromatic heterocycles. The normalized spacial score (nSPS) is 12.6. The van der Waals surface area contributed by atoms with Crippen molar-refractivity contribution in [2.75, 3.05) is 0 Å². The van der Waals surface area contributed by atoms with Gasteiger partial charge in [0, 0.05) is 3.58 Å². The van der Waals surface area contributed by atoms with E-state index in [1.165, 1.54) is 12.8 Å². The lowest BCUT2D eigenvalue weighted by Gasteiger charge is -1.99. The van der Waals surface area contributed by atoms with Crippen LogP contribution in [0.4, 0.5) is 0 Å². The Morgan fingerprint density at radius 3 is 2.33 bits per heavy atom. The number of hydrogen-bond donors (Lipinski definition) is 1. The van der Waals surface area contributed by atoms with E-state index in [2.05, 4.69) is 29.5 Å². The molecule has 0 rings (SSSR count). The van der Waals surface area contributed by atoms with Gasteiger partial charge in [0.2, 0.25) is 0 Å². The molecule has 1 N–H and O–H groups in total. The van der Waals surface area contributed by atoms with Crippen LogP contribution in [0.2, 0.25) is 0 Å². The van der Waals surface area contributed by atoms with E-state index in [1.807, 2.05) is 22.6 Å². The highest BCUT2D eigenvalue weighted by atomic mass is 127. The molecule has 0 atom stereocenters. The molecule has 70 valence electrons. The standard InChI is InChI=1S/C8H12I2O2/c1-2-3-4-5-6(9)7(10)8(11)12/h2-5H2,1H3,(H,11,12)/b7-6+. The van der Waals surface area contributed by atoms with Gasteiger partial charge >= 0.3 is 5.97 Å². The molecule has 0 aromatic carbocycles. The molecule has 0 saturated heterocycles. The highest BCUT2D eigenvalue weighted by Crippen LogP contribution is 2.24. The van der Waals surface area contributed by atoms with Gasteiger partial charge in [0.15, 0.2) is 0 Å². The van der Waals surface area contributed by atoms with Crippen molar-refractivity contribution < 1.29 is 9.90 Å². The minimum absolute atomic E-state index is 0.462. The molecule has 0 aliphatic heterocycles. The molecular weight excluding hydrogens is 382 g/mol. The highest BCUT2D eigenvalue weighted by molar-refractivity contribution is 14.1. The van der Waals surface area contributed by atoms with Crippen molar-refractivity contribution in [2.24, 2.45) is 0 Å². The fourth-order valence-electron chi connectivity index (χ4n) is 0.756. The highest BCUT2D eigenvalue weighted by Gasteiger charge is 2.07. The van der Waals surface area contributed by atoms with Gasteiger partial charge in [0.1, 0.15) is 3.58 Å². The Labute approximate surface area is 100 Å². The van der Waals surface area contributed by atoms with Crippen molar-refractivity contribution in [2.45, 2.75) is 32.6 Å². The van der Waals surface area contributed by atoms with Crippen molar-refractivity contribution >= 4 is 51.2 Å². The van der Waals surface area contributed by atoms with Crippen LogP contribution in [-0.4, -0.2) is 11.1 Å². The SMILES string of the molecule is CCCCC/C(I)=C(\I)C(=O)O. The van der Waals surface area contributed by atoms with Gasteiger partial charge in [0.25, 0.3) is 0 Å². The molecule has 0 radical (unpaired) electrons. The maximum absolute atomic E-state index is 10.5. The summed E-state index contributed by atoms with van der Waals surface area (Å²) in [5, 5.41) is 8.64. The van der Waals surface area contributed by atoms with E-state index >= 15 is 0 Å². The Morgan fingerprint density at radius 1 is 1.33 bits per heavy atom. The second-order valence-corrected chi connectivity index (χ2v) is 4.86. The summed E-state index contributed by atoms with van der Waals surface area (Å²) < 4.78 is 1.43. The maximum atomic E-state index is 10.5. The van der Waals surface area contributed by atoms with Crippen molar-refractivity contribution in [3.05, 3.63) is 7.16 Å². The number of halogens is 2. The summed E-state index contributed by atoms with van der Waals surface area (Å²) in [5.41, 5.74) is 0. The lowest BCUT2D eigenvalue weighted by Crippen LogP contribution is -1.95. The minimum Gasteiger partial charge on any atom is -0.477 e. The van der Waals surface area contributed by atoms with E-state index in [0.29, 0.717) is 3.58 Å². The predicted molar refractivity (Wildman–Crippen MR) is 66.8 cm³/mol. The molecule has 0 saturated carbocycles. The molecular formula is C8H12I2O2. The van der Waals surface area contributed by atoms with Crippen molar-refractivity contribution in [1.29, 1.82) is 0 Å². The molecule has 0 bridgehead atoms. The van der Waals surface area contributed by atoms with E-state index in [0.717, 1.165) is 16.4 Å². The quantitative estimate of drug-likeness (QED) is 0.439. The van der Waals surface area contributed by atoms with Crippen LogP contribution in [0, 0.1) is 0 Å². The Morgan fingerprint density at radius 2 is 1.92 bits per heavy atom. The fourth-order valence-corrected chi connectivity index (χ4v) is 1.64. The predicted octanol–water partition coefficient (Wildman–Crippen LogP) is 3.73. The smallest absolute Gasteiger partial charge is 0.342 e. The zero-order valence-electron chi connectivity index (χ0n) is 6.94. The van der Waals surface area contributed by atoms with Crippen molar-refractivity contribution in [1.82, 2.24) is 0 Å². The minimum atomic E-state index is -0.809. The Bertz CT molecular complexity index is 187. The average molecular weight is 394 g/mol. The molecule has 0 heterocycles. The van der Waals surface area contributed by atoms with Crippen molar-refractivity contribution in [3.63, 3.8) is 0 Å². The first-order valence-corrected chi connectivity index (χ1v) is 6.02. The van der Waals surface area contributed by atoms with Gasteiger partial charge in [0.05, 0.1) is 0 Å². The summed E-state index contributed by atoms with van der Waals surface area (Å²) in [6.07, 6.45) is 4.34. The largest absolute Gasteiger partial charge is 0.477 e. The molecule has 0 aliphatic rings. The van der Waals surface area contributed by atoms with E-state index in [9.17, 15) is 4.79 Å². The number of hydrogen-bond acceptors (Lipinski definition) is 1. The van der Waals surface area contributed by atoms with Crippen LogP contribution >= 0.6 is 45.2 Å². The molecule has 12 heavy (non-hydrogen) atoms. The van der Waals surface area contributed by atoms with Crippen molar-refractivity contribution in [3.8, 4) is 0 Å². The molecule has 0 fully saturated rings.